The van der Waals surface area contributed by atoms with Gasteiger partial charge >= 0.3 is 12.1 Å². The summed E-state index contributed by atoms with van der Waals surface area (Å²) in [7, 11) is 3.70. The third kappa shape index (κ3) is 4.93. The highest BCUT2D eigenvalue weighted by Crippen LogP contribution is 2.27. The molecule has 1 amide bonds. The second kappa shape index (κ2) is 7.28. The summed E-state index contributed by atoms with van der Waals surface area (Å²) in [5.74, 6) is -0.972. The maximum Gasteiger partial charge on any atom is 0.471 e. The zero-order chi connectivity index (χ0) is 17.7. The molecule has 0 atom stereocenters. The molecular weight excluding hydrogens is 327 g/mol. The van der Waals surface area contributed by atoms with Crippen LogP contribution in [-0.4, -0.2) is 35.1 Å². The van der Waals surface area contributed by atoms with Crippen LogP contribution in [0.3, 0.4) is 0 Å². The van der Waals surface area contributed by atoms with Crippen molar-refractivity contribution in [3.05, 3.63) is 30.0 Å². The molecular formula is C14H16F3N5O2. The molecule has 7 nitrogen and oxygen atoms in total. The third-order valence-electron chi connectivity index (χ3n) is 3.00. The van der Waals surface area contributed by atoms with Crippen molar-refractivity contribution in [3.8, 4) is 0 Å². The van der Waals surface area contributed by atoms with Gasteiger partial charge in [-0.25, -0.2) is 4.98 Å². The maximum absolute atomic E-state index is 12.3. The number of anilines is 2. The second-order valence-corrected chi connectivity index (χ2v) is 5.21. The number of aryl methyl sites for hydroxylation is 1. The monoisotopic (exact) mass is 343 g/mol. The number of pyridine rings is 1. The molecule has 130 valence electrons. The SMILES string of the molecule is CN(C)c1ccc(NC(=O)CCCc2noc(C(F)(F)F)n2)cn1. The van der Waals surface area contributed by atoms with E-state index in [0.717, 1.165) is 5.82 Å². The normalized spacial score (nSPS) is 11.4. The summed E-state index contributed by atoms with van der Waals surface area (Å²) in [6.45, 7) is 0. The number of aromatic nitrogens is 3. The zero-order valence-corrected chi connectivity index (χ0v) is 13.1. The van der Waals surface area contributed by atoms with Gasteiger partial charge in [0.1, 0.15) is 5.82 Å². The van der Waals surface area contributed by atoms with E-state index in [1.165, 1.54) is 6.20 Å². The molecule has 0 fully saturated rings. The van der Waals surface area contributed by atoms with Crippen LogP contribution in [-0.2, 0) is 17.4 Å². The Morgan fingerprint density at radius 2 is 2.08 bits per heavy atom. The van der Waals surface area contributed by atoms with Crippen molar-refractivity contribution < 1.29 is 22.5 Å². The van der Waals surface area contributed by atoms with E-state index in [9.17, 15) is 18.0 Å². The molecule has 0 saturated heterocycles. The molecule has 0 saturated carbocycles. The number of carbonyl (C=O) groups excluding carboxylic acids is 1. The van der Waals surface area contributed by atoms with Crippen LogP contribution in [0.4, 0.5) is 24.7 Å². The standard InChI is InChI=1S/C14H16F3N5O2/c1-22(2)11-7-6-9(8-18-11)19-12(23)5-3-4-10-20-13(24-21-10)14(15,16)17/h6-8H,3-5H2,1-2H3,(H,19,23). The van der Waals surface area contributed by atoms with E-state index in [1.54, 1.807) is 12.1 Å². The molecule has 2 aromatic rings. The predicted octanol–water partition coefficient (Wildman–Crippen LogP) is 2.51. The van der Waals surface area contributed by atoms with Gasteiger partial charge in [-0.05, 0) is 18.6 Å². The molecule has 1 N–H and O–H groups in total. The van der Waals surface area contributed by atoms with E-state index in [1.807, 2.05) is 19.0 Å². The predicted molar refractivity (Wildman–Crippen MR) is 79.4 cm³/mol. The van der Waals surface area contributed by atoms with Crippen LogP contribution in [0.15, 0.2) is 22.9 Å². The minimum atomic E-state index is -4.66. The average molecular weight is 343 g/mol. The number of alkyl halides is 3. The number of hydrogen-bond acceptors (Lipinski definition) is 6. The van der Waals surface area contributed by atoms with Gasteiger partial charge in [0.15, 0.2) is 5.82 Å². The Morgan fingerprint density at radius 3 is 2.62 bits per heavy atom. The van der Waals surface area contributed by atoms with E-state index in [4.69, 9.17) is 0 Å². The quantitative estimate of drug-likeness (QED) is 0.868. The topological polar surface area (TPSA) is 84.2 Å². The van der Waals surface area contributed by atoms with Gasteiger partial charge in [0, 0.05) is 26.9 Å². The van der Waals surface area contributed by atoms with Gasteiger partial charge in [-0.2, -0.15) is 18.2 Å². The molecule has 0 aromatic carbocycles. The fourth-order valence-electron chi connectivity index (χ4n) is 1.83. The van der Waals surface area contributed by atoms with Crippen molar-refractivity contribution in [2.24, 2.45) is 0 Å². The molecule has 2 aromatic heterocycles. The first-order valence-corrected chi connectivity index (χ1v) is 7.08. The van der Waals surface area contributed by atoms with Crippen LogP contribution >= 0.6 is 0 Å². The first-order chi connectivity index (χ1) is 11.3. The van der Waals surface area contributed by atoms with E-state index in [-0.39, 0.29) is 24.6 Å². The minimum absolute atomic E-state index is 0.0767. The van der Waals surface area contributed by atoms with E-state index in [0.29, 0.717) is 12.1 Å². The van der Waals surface area contributed by atoms with Gasteiger partial charge in [-0.3, -0.25) is 4.79 Å². The van der Waals surface area contributed by atoms with Gasteiger partial charge in [0.25, 0.3) is 0 Å². The minimum Gasteiger partial charge on any atom is -0.363 e. The van der Waals surface area contributed by atoms with Gasteiger partial charge in [0.2, 0.25) is 5.91 Å². The van der Waals surface area contributed by atoms with Crippen LogP contribution in [0.5, 0.6) is 0 Å². The number of hydrogen-bond donors (Lipinski definition) is 1. The van der Waals surface area contributed by atoms with Crippen LogP contribution < -0.4 is 10.2 Å². The lowest BCUT2D eigenvalue weighted by atomic mass is 10.2. The summed E-state index contributed by atoms with van der Waals surface area (Å²) in [5.41, 5.74) is 0.546. The highest BCUT2D eigenvalue weighted by atomic mass is 19.4. The Morgan fingerprint density at radius 1 is 1.33 bits per heavy atom. The summed E-state index contributed by atoms with van der Waals surface area (Å²) >= 11 is 0. The number of amides is 1. The Bertz CT molecular complexity index is 682. The summed E-state index contributed by atoms with van der Waals surface area (Å²) < 4.78 is 41.0. The molecule has 10 heteroatoms. The molecule has 0 aliphatic rings. The summed E-state index contributed by atoms with van der Waals surface area (Å²) in [5, 5.41) is 5.90. The highest BCUT2D eigenvalue weighted by molar-refractivity contribution is 5.90. The van der Waals surface area contributed by atoms with Crippen molar-refractivity contribution in [1.29, 1.82) is 0 Å². The molecule has 2 heterocycles. The highest BCUT2D eigenvalue weighted by Gasteiger charge is 2.38. The largest absolute Gasteiger partial charge is 0.471 e. The Hall–Kier alpha value is -2.65. The van der Waals surface area contributed by atoms with Gasteiger partial charge in [-0.1, -0.05) is 5.16 Å². The Kier molecular flexibility index (Phi) is 5.37. The van der Waals surface area contributed by atoms with Crippen molar-refractivity contribution >= 4 is 17.4 Å². The Labute approximate surface area is 135 Å². The number of nitrogens with zero attached hydrogens (tertiary/aromatic N) is 4. The first-order valence-electron chi connectivity index (χ1n) is 7.08. The van der Waals surface area contributed by atoms with Crippen molar-refractivity contribution in [2.45, 2.75) is 25.4 Å². The molecule has 24 heavy (non-hydrogen) atoms. The third-order valence-corrected chi connectivity index (χ3v) is 3.00. The van der Waals surface area contributed by atoms with Crippen LogP contribution in [0.2, 0.25) is 0 Å². The second-order valence-electron chi connectivity index (χ2n) is 5.21. The molecule has 2 rings (SSSR count). The summed E-state index contributed by atoms with van der Waals surface area (Å²) in [6.07, 6.45) is -2.60. The van der Waals surface area contributed by atoms with Crippen LogP contribution in [0.25, 0.3) is 0 Å². The van der Waals surface area contributed by atoms with Crippen LogP contribution in [0.1, 0.15) is 24.6 Å². The lowest BCUT2D eigenvalue weighted by Crippen LogP contribution is -2.13. The number of nitrogens with one attached hydrogen (secondary N) is 1. The van der Waals surface area contributed by atoms with Gasteiger partial charge in [0.05, 0.1) is 11.9 Å². The van der Waals surface area contributed by atoms with Crippen molar-refractivity contribution in [2.75, 3.05) is 24.3 Å². The average Bonchev–Trinajstić information content (AvgIpc) is 2.97. The lowest BCUT2D eigenvalue weighted by Gasteiger charge is -2.11. The number of carbonyl (C=O) groups is 1. The molecule has 0 aliphatic carbocycles. The lowest BCUT2D eigenvalue weighted by molar-refractivity contribution is -0.159. The fraction of sp³-hybridized carbons (Fsp3) is 0.429. The van der Waals surface area contributed by atoms with Crippen molar-refractivity contribution in [1.82, 2.24) is 15.1 Å². The fourth-order valence-corrected chi connectivity index (χ4v) is 1.83. The molecule has 0 unspecified atom stereocenters. The van der Waals surface area contributed by atoms with Crippen LogP contribution in [0, 0.1) is 0 Å². The summed E-state index contributed by atoms with van der Waals surface area (Å²) in [4.78, 5) is 21.0. The van der Waals surface area contributed by atoms with E-state index in [2.05, 4.69) is 25.0 Å². The van der Waals surface area contributed by atoms with E-state index >= 15 is 0 Å². The Balaban J connectivity index is 1.78. The van der Waals surface area contributed by atoms with Gasteiger partial charge < -0.3 is 14.7 Å². The van der Waals surface area contributed by atoms with Gasteiger partial charge in [-0.15, -0.1) is 0 Å². The smallest absolute Gasteiger partial charge is 0.363 e. The summed E-state index contributed by atoms with van der Waals surface area (Å²) in [6, 6.07) is 3.47. The number of rotatable bonds is 6. The molecule has 0 bridgehead atoms. The van der Waals surface area contributed by atoms with Crippen molar-refractivity contribution in [3.63, 3.8) is 0 Å². The molecule has 0 spiro atoms. The molecule has 0 radical (unpaired) electrons. The first kappa shape index (κ1) is 17.7. The molecule has 0 aliphatic heterocycles. The number of halogens is 3. The zero-order valence-electron chi connectivity index (χ0n) is 13.1. The maximum atomic E-state index is 12.3. The van der Waals surface area contributed by atoms with E-state index < -0.39 is 12.1 Å².